The summed E-state index contributed by atoms with van der Waals surface area (Å²) in [4.78, 5) is 13.1. The quantitative estimate of drug-likeness (QED) is 0.255. The number of hydrogen-bond acceptors (Lipinski definition) is 9. The minimum absolute atomic E-state index is 0.136. The van der Waals surface area contributed by atoms with E-state index in [0.29, 0.717) is 33.2 Å². The highest BCUT2D eigenvalue weighted by molar-refractivity contribution is 6.19. The molecule has 35 heavy (non-hydrogen) atoms. The third-order valence-electron chi connectivity index (χ3n) is 6.66. The van der Waals surface area contributed by atoms with E-state index in [1.807, 2.05) is 6.92 Å². The van der Waals surface area contributed by atoms with Gasteiger partial charge in [0.1, 0.15) is 47.2 Å². The fourth-order valence-corrected chi connectivity index (χ4v) is 5.06. The molecule has 9 nitrogen and oxygen atoms in total. The highest BCUT2D eigenvalue weighted by Crippen LogP contribution is 2.47. The van der Waals surface area contributed by atoms with Crippen LogP contribution in [0.4, 0.5) is 0 Å². The summed E-state index contributed by atoms with van der Waals surface area (Å²) >= 11 is 0. The summed E-state index contributed by atoms with van der Waals surface area (Å²) in [5, 5.41) is 43.9. The zero-order valence-electron chi connectivity index (χ0n) is 19.6. The van der Waals surface area contributed by atoms with Crippen molar-refractivity contribution in [2.75, 3.05) is 14.2 Å². The average molecular weight is 482 g/mol. The second kappa shape index (κ2) is 8.39. The fraction of sp³-hybridized carbons (Fsp3) is 0.346. The summed E-state index contributed by atoms with van der Waals surface area (Å²) in [7, 11) is 2.95. The largest absolute Gasteiger partial charge is 0.507 e. The molecule has 0 radical (unpaired) electrons. The molecule has 1 aliphatic rings. The molecule has 0 spiro atoms. The first kappa shape index (κ1) is 23.4. The van der Waals surface area contributed by atoms with Crippen molar-refractivity contribution >= 4 is 32.5 Å². The number of benzene rings is 3. The van der Waals surface area contributed by atoms with Crippen LogP contribution >= 0.6 is 0 Å². The predicted octanol–water partition coefficient (Wildman–Crippen LogP) is 2.67. The first-order chi connectivity index (χ1) is 16.7. The highest BCUT2D eigenvalue weighted by Gasteiger charge is 2.46. The predicted molar refractivity (Wildman–Crippen MR) is 128 cm³/mol. The van der Waals surface area contributed by atoms with Crippen molar-refractivity contribution in [1.82, 2.24) is 0 Å². The Bertz CT molecular complexity index is 1520. The molecule has 4 N–H and O–H groups in total. The van der Waals surface area contributed by atoms with Crippen LogP contribution in [0.25, 0.3) is 32.5 Å². The van der Waals surface area contributed by atoms with Crippen molar-refractivity contribution in [2.45, 2.75) is 44.4 Å². The number of fused-ring (bicyclic) bond motifs is 5. The van der Waals surface area contributed by atoms with E-state index in [1.54, 1.807) is 18.2 Å². The molecule has 1 unspecified atom stereocenters. The summed E-state index contributed by atoms with van der Waals surface area (Å²) in [6.45, 7) is 3.29. The fourth-order valence-electron chi connectivity index (χ4n) is 5.06. The number of aliphatic hydroxyl groups is 3. The number of hydrogen-bond donors (Lipinski definition) is 4. The zero-order valence-corrected chi connectivity index (χ0v) is 19.6. The van der Waals surface area contributed by atoms with Gasteiger partial charge in [0.15, 0.2) is 0 Å². The minimum atomic E-state index is -1.38. The Labute approximate surface area is 199 Å². The lowest BCUT2D eigenvalue weighted by atomic mass is 9.92. The first-order valence-corrected chi connectivity index (χ1v) is 11.1. The van der Waals surface area contributed by atoms with E-state index < -0.39 is 36.1 Å². The first-order valence-electron chi connectivity index (χ1n) is 11.1. The van der Waals surface area contributed by atoms with Gasteiger partial charge < -0.3 is 39.1 Å². The molecule has 2 heterocycles. The van der Waals surface area contributed by atoms with Crippen molar-refractivity contribution in [3.63, 3.8) is 0 Å². The molecule has 5 rings (SSSR count). The van der Waals surface area contributed by atoms with Crippen LogP contribution in [0.2, 0.25) is 0 Å². The number of phenols is 1. The van der Waals surface area contributed by atoms with Crippen LogP contribution < -0.4 is 15.1 Å². The zero-order chi connectivity index (χ0) is 25.2. The topological polar surface area (TPSA) is 139 Å². The number of rotatable bonds is 4. The Morgan fingerprint density at radius 1 is 0.943 bits per heavy atom. The maximum Gasteiger partial charge on any atom is 0.344 e. The van der Waals surface area contributed by atoms with Crippen LogP contribution in [-0.4, -0.2) is 59.1 Å². The molecule has 0 amide bonds. The second-order valence-corrected chi connectivity index (χ2v) is 8.90. The molecule has 9 heteroatoms. The van der Waals surface area contributed by atoms with Crippen LogP contribution in [-0.2, 0) is 4.74 Å². The van der Waals surface area contributed by atoms with Crippen molar-refractivity contribution in [3.8, 4) is 17.2 Å². The molecule has 1 aromatic heterocycles. The van der Waals surface area contributed by atoms with Crippen LogP contribution in [0, 0.1) is 6.92 Å². The summed E-state index contributed by atoms with van der Waals surface area (Å²) < 4.78 is 22.9. The van der Waals surface area contributed by atoms with Crippen molar-refractivity contribution < 1.29 is 39.1 Å². The summed E-state index contributed by atoms with van der Waals surface area (Å²) in [5.74, 6) is 0.619. The van der Waals surface area contributed by atoms with Gasteiger partial charge in [-0.25, -0.2) is 4.79 Å². The van der Waals surface area contributed by atoms with Gasteiger partial charge in [-0.15, -0.1) is 0 Å². The van der Waals surface area contributed by atoms with E-state index in [2.05, 4.69) is 0 Å². The van der Waals surface area contributed by atoms with Crippen molar-refractivity contribution in [1.29, 1.82) is 0 Å². The van der Waals surface area contributed by atoms with Crippen LogP contribution in [0.5, 0.6) is 17.2 Å². The third-order valence-corrected chi connectivity index (χ3v) is 6.66. The third kappa shape index (κ3) is 3.42. The van der Waals surface area contributed by atoms with Crippen LogP contribution in [0.1, 0.15) is 24.2 Å². The summed E-state index contributed by atoms with van der Waals surface area (Å²) in [6, 6.07) is 8.10. The van der Waals surface area contributed by atoms with Crippen molar-refractivity contribution in [2.24, 2.45) is 0 Å². The van der Waals surface area contributed by atoms with Gasteiger partial charge in [-0.05, 0) is 49.2 Å². The normalized spacial score (nSPS) is 23.3. The van der Waals surface area contributed by atoms with E-state index in [4.69, 9.17) is 18.6 Å². The molecular formula is C26H26O9. The Kier molecular flexibility index (Phi) is 5.60. The number of phenolic OH excluding ortho intramolecular Hbond substituents is 1. The standard InChI is InChI=1S/C26H26O9/c1-10-7-14-18(16(8-10)32-3)13-9-17(33-4)20-15(28)6-5-12(19(20)24(13)35-26(14)31)25-22(30)21(29)23(34-25)11(2)27/h5-9,11,21-23,25,27-30H,1-4H3/t11-,21-,22-,23?,25-/m1/s1. The van der Waals surface area contributed by atoms with E-state index >= 15 is 0 Å². The number of methoxy groups -OCH3 is 2. The lowest BCUT2D eigenvalue weighted by Crippen LogP contribution is -2.36. The molecule has 1 saturated heterocycles. The monoisotopic (exact) mass is 482 g/mol. The molecule has 0 aliphatic carbocycles. The van der Waals surface area contributed by atoms with Gasteiger partial charge in [0.25, 0.3) is 0 Å². The van der Waals surface area contributed by atoms with Gasteiger partial charge in [-0.2, -0.15) is 0 Å². The number of aromatic hydroxyl groups is 1. The molecule has 1 fully saturated rings. The lowest BCUT2D eigenvalue weighted by molar-refractivity contribution is -0.0586. The average Bonchev–Trinajstić information content (AvgIpc) is 3.13. The SMILES string of the molecule is COc1cc2c(oc(=O)c3cc(C)cc(OC)c32)c2c([C@H]3OC([C@@H](C)O)[C@H](O)[C@H]3O)ccc(O)c12. The van der Waals surface area contributed by atoms with Gasteiger partial charge in [-0.1, -0.05) is 6.07 Å². The van der Waals surface area contributed by atoms with Gasteiger partial charge >= 0.3 is 5.63 Å². The Morgan fingerprint density at radius 2 is 1.63 bits per heavy atom. The van der Waals surface area contributed by atoms with Crippen LogP contribution in [0.3, 0.4) is 0 Å². The maximum atomic E-state index is 13.1. The molecule has 1 aliphatic heterocycles. The highest BCUT2D eigenvalue weighted by atomic mass is 16.6. The van der Waals surface area contributed by atoms with Crippen molar-refractivity contribution in [3.05, 3.63) is 51.9 Å². The van der Waals surface area contributed by atoms with E-state index in [9.17, 15) is 25.2 Å². The summed E-state index contributed by atoms with van der Waals surface area (Å²) in [5.41, 5.74) is 0.694. The molecule has 5 atom stereocenters. The minimum Gasteiger partial charge on any atom is -0.507 e. The molecular weight excluding hydrogens is 456 g/mol. The second-order valence-electron chi connectivity index (χ2n) is 8.90. The molecule has 0 bridgehead atoms. The number of aliphatic hydroxyl groups excluding tert-OH is 3. The molecule has 4 aromatic rings. The van der Waals surface area contributed by atoms with Gasteiger partial charge in [-0.3, -0.25) is 0 Å². The Hall–Kier alpha value is -3.37. The number of aryl methyl sites for hydroxylation is 1. The molecule has 184 valence electrons. The summed E-state index contributed by atoms with van der Waals surface area (Å²) in [6.07, 6.45) is -5.89. The smallest absolute Gasteiger partial charge is 0.344 e. The van der Waals surface area contributed by atoms with Crippen LogP contribution in [0.15, 0.2) is 39.5 Å². The molecule has 0 saturated carbocycles. The van der Waals surface area contributed by atoms with E-state index in [1.165, 1.54) is 33.3 Å². The maximum absolute atomic E-state index is 13.1. The van der Waals surface area contributed by atoms with E-state index in [-0.39, 0.29) is 22.1 Å². The Balaban J connectivity index is 1.95. The Morgan fingerprint density at radius 3 is 2.26 bits per heavy atom. The van der Waals surface area contributed by atoms with Gasteiger partial charge in [0, 0.05) is 16.2 Å². The number of ether oxygens (including phenoxy) is 3. The van der Waals surface area contributed by atoms with E-state index in [0.717, 1.165) is 5.56 Å². The van der Waals surface area contributed by atoms with Gasteiger partial charge in [0.2, 0.25) is 0 Å². The molecule has 3 aromatic carbocycles. The lowest BCUT2D eigenvalue weighted by Gasteiger charge is -2.20. The van der Waals surface area contributed by atoms with Gasteiger partial charge in [0.05, 0.1) is 31.1 Å².